The second-order valence-electron chi connectivity index (χ2n) is 6.15. The van der Waals surface area contributed by atoms with Crippen molar-refractivity contribution in [2.24, 2.45) is 11.1 Å². The molecule has 0 spiro atoms. The van der Waals surface area contributed by atoms with Gasteiger partial charge >= 0.3 is 0 Å². The molecule has 3 atom stereocenters. The zero-order valence-electron chi connectivity index (χ0n) is 13.6. The van der Waals surface area contributed by atoms with Crippen LogP contribution in [0.2, 0.25) is 5.02 Å². The molecule has 1 fully saturated rings. The molecule has 0 heterocycles. The van der Waals surface area contributed by atoms with Crippen LogP contribution in [0.5, 0.6) is 0 Å². The van der Waals surface area contributed by atoms with Gasteiger partial charge in [0, 0.05) is 18.1 Å². The summed E-state index contributed by atoms with van der Waals surface area (Å²) in [6.07, 6.45) is 0. The minimum Gasteiger partial charge on any atom is -0.393 e. The molecule has 3 rings (SSSR count). The highest BCUT2D eigenvalue weighted by atomic mass is 35.5. The van der Waals surface area contributed by atoms with Gasteiger partial charge in [-0.1, -0.05) is 54.2 Å². The summed E-state index contributed by atoms with van der Waals surface area (Å²) in [7, 11) is -2.11. The summed E-state index contributed by atoms with van der Waals surface area (Å²) in [5.74, 6) is -0.368. The van der Waals surface area contributed by atoms with Gasteiger partial charge in [0.2, 0.25) is 0 Å². The first-order chi connectivity index (χ1) is 11.9. The first-order valence-corrected chi connectivity index (χ1v) is 10.0. The van der Waals surface area contributed by atoms with Crippen LogP contribution in [0.25, 0.3) is 0 Å². The molecule has 4 nitrogen and oxygen atoms in total. The maximum absolute atomic E-state index is 13.2. The largest absolute Gasteiger partial charge is 0.393 e. The van der Waals surface area contributed by atoms with Gasteiger partial charge in [0.05, 0.1) is 27.2 Å². The van der Waals surface area contributed by atoms with E-state index in [1.807, 2.05) is 12.1 Å². The van der Waals surface area contributed by atoms with Gasteiger partial charge in [0.25, 0.3) is 0 Å². The number of halogens is 1. The van der Waals surface area contributed by atoms with Gasteiger partial charge in [0.1, 0.15) is 0 Å². The molecule has 7 heteroatoms. The standard InChI is InChI=1S/C18H18ClNO3S2/c1-23-11-18(17(20)24)15(12-7-9-13(19)10-8-12)16(18)25(21,22)14-5-3-2-4-6-14/h2-10,15-16H,11H2,1H3,(H2,20,24)/t15-,16+,18+/m1/s1. The molecule has 1 saturated carbocycles. The molecule has 1 aliphatic carbocycles. The normalized spacial score (nSPS) is 25.5. The summed E-state index contributed by atoms with van der Waals surface area (Å²) in [4.78, 5) is 0.409. The van der Waals surface area contributed by atoms with Crippen LogP contribution in [0.15, 0.2) is 59.5 Å². The first kappa shape index (κ1) is 18.3. The summed E-state index contributed by atoms with van der Waals surface area (Å²) in [5, 5.41) is -0.180. The van der Waals surface area contributed by atoms with Crippen LogP contribution < -0.4 is 5.73 Å². The smallest absolute Gasteiger partial charge is 0.182 e. The molecular weight excluding hydrogens is 378 g/mol. The summed E-state index contributed by atoms with van der Waals surface area (Å²) in [5.41, 5.74) is 5.91. The number of rotatable bonds is 6. The van der Waals surface area contributed by atoms with Gasteiger partial charge in [-0.15, -0.1) is 0 Å². The second kappa shape index (κ2) is 6.68. The Bertz CT molecular complexity index is 884. The average molecular weight is 396 g/mol. The fourth-order valence-electron chi connectivity index (χ4n) is 3.54. The molecule has 132 valence electrons. The summed E-state index contributed by atoms with van der Waals surface area (Å²) < 4.78 is 31.8. The van der Waals surface area contributed by atoms with Gasteiger partial charge in [-0.2, -0.15) is 0 Å². The molecule has 0 unspecified atom stereocenters. The molecule has 0 bridgehead atoms. The van der Waals surface area contributed by atoms with Crippen molar-refractivity contribution >= 4 is 38.6 Å². The lowest BCUT2D eigenvalue weighted by Crippen LogP contribution is -2.33. The van der Waals surface area contributed by atoms with Crippen molar-refractivity contribution in [3.63, 3.8) is 0 Å². The van der Waals surface area contributed by atoms with Crippen molar-refractivity contribution in [3.8, 4) is 0 Å². The third-order valence-electron chi connectivity index (χ3n) is 4.73. The molecule has 0 saturated heterocycles. The molecule has 0 aromatic heterocycles. The van der Waals surface area contributed by atoms with Crippen molar-refractivity contribution in [2.75, 3.05) is 13.7 Å². The van der Waals surface area contributed by atoms with E-state index in [4.69, 9.17) is 34.3 Å². The highest BCUT2D eigenvalue weighted by Gasteiger charge is 2.73. The number of sulfone groups is 1. The highest BCUT2D eigenvalue weighted by Crippen LogP contribution is 2.64. The van der Waals surface area contributed by atoms with Gasteiger partial charge in [-0.25, -0.2) is 8.42 Å². The maximum Gasteiger partial charge on any atom is 0.182 e. The molecule has 25 heavy (non-hydrogen) atoms. The number of nitrogens with two attached hydrogens (primary N) is 1. The number of thiocarbonyl (C=S) groups is 1. The predicted octanol–water partition coefficient (Wildman–Crippen LogP) is 3.20. The van der Waals surface area contributed by atoms with E-state index < -0.39 is 20.5 Å². The van der Waals surface area contributed by atoms with E-state index in [0.29, 0.717) is 5.02 Å². The van der Waals surface area contributed by atoms with E-state index in [1.165, 1.54) is 7.11 Å². The molecule has 2 aromatic rings. The summed E-state index contributed by atoms with van der Waals surface area (Å²) >= 11 is 11.2. The Morgan fingerprint density at radius 3 is 2.32 bits per heavy atom. The van der Waals surface area contributed by atoms with E-state index in [2.05, 4.69) is 0 Å². The molecule has 0 amide bonds. The summed E-state index contributed by atoms with van der Waals surface area (Å²) in [6.45, 7) is 0.145. The Hall–Kier alpha value is -1.47. The van der Waals surface area contributed by atoms with Crippen molar-refractivity contribution in [1.29, 1.82) is 0 Å². The Kier molecular flexibility index (Phi) is 4.90. The van der Waals surface area contributed by atoms with Gasteiger partial charge in [-0.05, 0) is 29.8 Å². The van der Waals surface area contributed by atoms with Crippen molar-refractivity contribution in [3.05, 3.63) is 65.2 Å². The zero-order chi connectivity index (χ0) is 18.2. The first-order valence-electron chi connectivity index (χ1n) is 7.69. The Morgan fingerprint density at radius 1 is 1.20 bits per heavy atom. The third kappa shape index (κ3) is 2.97. The van der Waals surface area contributed by atoms with Crippen molar-refractivity contribution in [2.45, 2.75) is 16.1 Å². The van der Waals surface area contributed by atoms with Crippen LogP contribution in [0.4, 0.5) is 0 Å². The highest BCUT2D eigenvalue weighted by molar-refractivity contribution is 7.92. The quantitative estimate of drug-likeness (QED) is 0.760. The van der Waals surface area contributed by atoms with Crippen LogP contribution in [-0.4, -0.2) is 32.4 Å². The molecule has 1 aliphatic rings. The molecular formula is C18H18ClNO3S2. The molecule has 2 aromatic carbocycles. The van der Waals surface area contributed by atoms with Crippen LogP contribution in [0.1, 0.15) is 11.5 Å². The van der Waals surface area contributed by atoms with E-state index >= 15 is 0 Å². The topological polar surface area (TPSA) is 69.4 Å². The van der Waals surface area contributed by atoms with Crippen LogP contribution in [0, 0.1) is 5.41 Å². The Morgan fingerprint density at radius 2 is 1.80 bits per heavy atom. The Labute approximate surface area is 157 Å². The summed E-state index contributed by atoms with van der Waals surface area (Å²) in [6, 6.07) is 15.5. The molecule has 2 N–H and O–H groups in total. The number of methoxy groups -OCH3 is 1. The van der Waals surface area contributed by atoms with Gasteiger partial charge in [-0.3, -0.25) is 0 Å². The number of hydrogen-bond donors (Lipinski definition) is 1. The van der Waals surface area contributed by atoms with Gasteiger partial charge < -0.3 is 10.5 Å². The maximum atomic E-state index is 13.2. The van der Waals surface area contributed by atoms with Crippen LogP contribution >= 0.6 is 23.8 Å². The predicted molar refractivity (Wildman–Crippen MR) is 103 cm³/mol. The van der Waals surface area contributed by atoms with Crippen molar-refractivity contribution in [1.82, 2.24) is 0 Å². The average Bonchev–Trinajstić information content (AvgIpc) is 3.28. The van der Waals surface area contributed by atoms with Gasteiger partial charge in [0.15, 0.2) is 9.84 Å². The third-order valence-corrected chi connectivity index (χ3v) is 7.66. The van der Waals surface area contributed by atoms with Crippen LogP contribution in [0.3, 0.4) is 0 Å². The SMILES string of the molecule is COC[C@]1(C(N)=S)[C@H](c2ccc(Cl)cc2)[C@@H]1S(=O)(=O)c1ccccc1. The fraction of sp³-hybridized carbons (Fsp3) is 0.278. The molecule has 0 radical (unpaired) electrons. The minimum absolute atomic E-state index is 0.145. The number of hydrogen-bond acceptors (Lipinski definition) is 4. The van der Waals surface area contributed by atoms with Crippen LogP contribution in [-0.2, 0) is 14.6 Å². The zero-order valence-corrected chi connectivity index (χ0v) is 15.9. The molecule has 0 aliphatic heterocycles. The minimum atomic E-state index is -3.63. The van der Waals surface area contributed by atoms with E-state index in [1.54, 1.807) is 42.5 Å². The van der Waals surface area contributed by atoms with E-state index in [9.17, 15) is 8.42 Å². The fourth-order valence-corrected chi connectivity index (χ4v) is 6.45. The number of benzene rings is 2. The second-order valence-corrected chi connectivity index (χ2v) is 9.09. The van der Waals surface area contributed by atoms with Crippen molar-refractivity contribution < 1.29 is 13.2 Å². The monoisotopic (exact) mass is 395 g/mol. The number of ether oxygens (including phenoxy) is 1. The lowest BCUT2D eigenvalue weighted by molar-refractivity contribution is 0.166. The Balaban J connectivity index is 2.12. The lowest BCUT2D eigenvalue weighted by Gasteiger charge is -2.16. The lowest BCUT2D eigenvalue weighted by atomic mass is 10.00. The van der Waals surface area contributed by atoms with E-state index in [-0.39, 0.29) is 22.4 Å². The van der Waals surface area contributed by atoms with E-state index in [0.717, 1.165) is 5.56 Å².